The van der Waals surface area contributed by atoms with Crippen LogP contribution in [0.15, 0.2) is 84.9 Å². The van der Waals surface area contributed by atoms with Crippen molar-refractivity contribution in [2.75, 3.05) is 0 Å². The van der Waals surface area contributed by atoms with Crippen molar-refractivity contribution in [2.24, 2.45) is 0 Å². The summed E-state index contributed by atoms with van der Waals surface area (Å²) in [5, 5.41) is 9.06. The summed E-state index contributed by atoms with van der Waals surface area (Å²) in [7, 11) is 0. The number of ether oxygens (including phenoxy) is 2. The summed E-state index contributed by atoms with van der Waals surface area (Å²) in [4.78, 5) is 29.5. The Labute approximate surface area is 225 Å². The third-order valence-corrected chi connectivity index (χ3v) is 7.71. The lowest BCUT2D eigenvalue weighted by Gasteiger charge is -2.29. The second-order valence-corrected chi connectivity index (χ2v) is 9.79. The van der Waals surface area contributed by atoms with E-state index in [1.807, 2.05) is 24.3 Å². The van der Waals surface area contributed by atoms with Gasteiger partial charge in [0, 0.05) is 16.5 Å². The van der Waals surface area contributed by atoms with Crippen molar-refractivity contribution >= 4 is 17.6 Å². The summed E-state index contributed by atoms with van der Waals surface area (Å²) < 4.78 is 12.0. The third kappa shape index (κ3) is 4.13. The molecule has 4 aromatic carbocycles. The van der Waals surface area contributed by atoms with E-state index in [0.717, 1.165) is 47.9 Å². The van der Waals surface area contributed by atoms with Gasteiger partial charge in [-0.3, -0.25) is 0 Å². The Hall–Kier alpha value is -5.20. The zero-order valence-corrected chi connectivity index (χ0v) is 20.9. The molecular weight excluding hydrogens is 488 g/mol. The minimum Gasteiger partial charge on any atom is -0.423 e. The second kappa shape index (κ2) is 9.59. The second-order valence-electron chi connectivity index (χ2n) is 9.79. The Bertz CT molecular complexity index is 1580. The van der Waals surface area contributed by atoms with Crippen LogP contribution >= 0.6 is 0 Å². The maximum atomic E-state index is 13.1. The summed E-state index contributed by atoms with van der Waals surface area (Å²) in [6.07, 6.45) is 3.26. The van der Waals surface area contributed by atoms with Crippen LogP contribution < -0.4 is 9.47 Å². The molecule has 0 saturated heterocycles. The smallest absolute Gasteiger partial charge is 0.343 e. The van der Waals surface area contributed by atoms with E-state index >= 15 is 0 Å². The fraction of sp³-hybridized carbons (Fsp3) is 0.152. The molecule has 0 unspecified atom stereocenters. The number of carbonyl (C=O) groups is 2. The molecule has 0 heterocycles. The zero-order chi connectivity index (χ0) is 27.0. The van der Waals surface area contributed by atoms with Gasteiger partial charge in [0.1, 0.15) is 11.5 Å². The third-order valence-electron chi connectivity index (χ3n) is 7.71. The van der Waals surface area contributed by atoms with Crippen molar-refractivity contribution in [3.8, 4) is 17.6 Å². The lowest BCUT2D eigenvalue weighted by Crippen LogP contribution is -2.24. The quantitative estimate of drug-likeness (QED) is 0.173. The van der Waals surface area contributed by atoms with Crippen LogP contribution in [0.2, 0.25) is 0 Å². The molecule has 6 nitrogen and oxygen atoms in total. The molecule has 0 N–H and O–H groups in total. The normalized spacial score (nSPS) is 16.6. The molecule has 4 aromatic rings. The fourth-order valence-electron chi connectivity index (χ4n) is 5.94. The average molecular weight is 511 g/mol. The van der Waals surface area contributed by atoms with Gasteiger partial charge >= 0.3 is 11.9 Å². The molecule has 1 spiro atoms. The van der Waals surface area contributed by atoms with Crippen molar-refractivity contribution in [3.05, 3.63) is 135 Å². The van der Waals surface area contributed by atoms with Crippen LogP contribution in [0.5, 0.6) is 11.5 Å². The van der Waals surface area contributed by atoms with E-state index in [4.69, 9.17) is 21.3 Å². The average Bonchev–Trinajstić information content (AvgIpc) is 3.55. The van der Waals surface area contributed by atoms with Gasteiger partial charge in [0.05, 0.1) is 29.3 Å². The van der Waals surface area contributed by atoms with Crippen molar-refractivity contribution in [2.45, 2.75) is 31.1 Å². The highest BCUT2D eigenvalue weighted by atomic mass is 16.5. The van der Waals surface area contributed by atoms with Crippen LogP contribution in [-0.2, 0) is 18.3 Å². The molecule has 0 aromatic heterocycles. The first kappa shape index (κ1) is 24.2. The van der Waals surface area contributed by atoms with Crippen LogP contribution in [0.25, 0.3) is 4.85 Å². The van der Waals surface area contributed by atoms with Crippen molar-refractivity contribution in [1.29, 1.82) is 5.26 Å². The number of benzene rings is 4. The minimum atomic E-state index is -0.490. The van der Waals surface area contributed by atoms with Crippen molar-refractivity contribution < 1.29 is 19.1 Å². The van der Waals surface area contributed by atoms with Gasteiger partial charge in [0.15, 0.2) is 5.69 Å². The molecule has 0 radical (unpaired) electrons. The SMILES string of the molecule is [C-]#[N+]c1ccc(C(=O)Oc2cccc3c2[C@@]2(CCc4cccc(OC(=O)c5ccc(C#N)cc5)c42)CC3)cc1. The lowest BCUT2D eigenvalue weighted by atomic mass is 9.76. The number of hydrogen-bond donors (Lipinski definition) is 0. The molecule has 1 atom stereocenters. The van der Waals surface area contributed by atoms with E-state index in [9.17, 15) is 9.59 Å². The first-order valence-corrected chi connectivity index (χ1v) is 12.7. The fourth-order valence-corrected chi connectivity index (χ4v) is 5.94. The molecule has 0 saturated carbocycles. The topological polar surface area (TPSA) is 80.8 Å². The Kier molecular flexibility index (Phi) is 5.94. The summed E-state index contributed by atoms with van der Waals surface area (Å²) >= 11 is 0. The molecule has 2 aliphatic rings. The molecular formula is C33H22N2O4. The Morgan fingerprint density at radius 2 is 1.23 bits per heavy atom. The molecule has 2 aliphatic carbocycles. The van der Waals surface area contributed by atoms with Gasteiger partial charge in [-0.05, 0) is 73.2 Å². The molecule has 6 rings (SSSR count). The van der Waals surface area contributed by atoms with Crippen LogP contribution in [0.4, 0.5) is 5.69 Å². The van der Waals surface area contributed by atoms with Gasteiger partial charge in [-0.1, -0.05) is 48.5 Å². The van der Waals surface area contributed by atoms with Crippen molar-refractivity contribution in [1.82, 2.24) is 0 Å². The van der Waals surface area contributed by atoms with Crippen LogP contribution in [0.3, 0.4) is 0 Å². The summed E-state index contributed by atoms with van der Waals surface area (Å²) in [5.74, 6) is 0.0323. The maximum Gasteiger partial charge on any atom is 0.343 e. The van der Waals surface area contributed by atoms with Gasteiger partial charge in [0.2, 0.25) is 0 Å². The molecule has 0 aliphatic heterocycles. The van der Waals surface area contributed by atoms with E-state index < -0.39 is 17.4 Å². The first-order chi connectivity index (χ1) is 19.0. The Morgan fingerprint density at radius 1 is 0.744 bits per heavy atom. The number of fused-ring (bicyclic) bond motifs is 4. The monoisotopic (exact) mass is 510 g/mol. The van der Waals surface area contributed by atoms with Gasteiger partial charge in [0.25, 0.3) is 0 Å². The predicted octanol–water partition coefficient (Wildman–Crippen LogP) is 6.73. The predicted molar refractivity (Wildman–Crippen MR) is 144 cm³/mol. The molecule has 0 bridgehead atoms. The highest BCUT2D eigenvalue weighted by Gasteiger charge is 2.49. The van der Waals surface area contributed by atoms with Crippen LogP contribution in [0.1, 0.15) is 61.4 Å². The molecule has 188 valence electrons. The standard InChI is InChI=1S/C33H22N2O4/c1-35-26-14-12-25(13-15-26)32(37)39-28-7-3-5-23-17-19-33(30(23)28)18-16-22-4-2-6-27(29(22)33)38-31(36)24-10-8-21(20-34)9-11-24/h2-15H,16-19H2/t33-/m0/s1. The van der Waals surface area contributed by atoms with E-state index in [1.165, 1.54) is 0 Å². The highest BCUT2D eigenvalue weighted by Crippen LogP contribution is 2.57. The van der Waals surface area contributed by atoms with Gasteiger partial charge in [-0.25, -0.2) is 14.4 Å². The molecule has 0 fully saturated rings. The van der Waals surface area contributed by atoms with Gasteiger partial charge < -0.3 is 9.47 Å². The Morgan fingerprint density at radius 3 is 1.69 bits per heavy atom. The van der Waals surface area contributed by atoms with E-state index in [2.05, 4.69) is 23.0 Å². The summed E-state index contributed by atoms with van der Waals surface area (Å²) in [5.41, 5.74) is 5.38. The van der Waals surface area contributed by atoms with Crippen LogP contribution in [0, 0.1) is 17.9 Å². The van der Waals surface area contributed by atoms with Crippen LogP contribution in [-0.4, -0.2) is 11.9 Å². The number of nitrogens with zero attached hydrogens (tertiary/aromatic N) is 2. The van der Waals surface area contributed by atoms with E-state index in [0.29, 0.717) is 33.9 Å². The highest BCUT2D eigenvalue weighted by molar-refractivity contribution is 5.92. The number of nitriles is 1. The largest absolute Gasteiger partial charge is 0.423 e. The summed E-state index contributed by atoms with van der Waals surface area (Å²) in [6.45, 7) is 7.13. The molecule has 0 amide bonds. The Balaban J connectivity index is 1.37. The molecule has 39 heavy (non-hydrogen) atoms. The maximum absolute atomic E-state index is 13.1. The lowest BCUT2D eigenvalue weighted by molar-refractivity contribution is 0.0725. The number of esters is 2. The van der Waals surface area contributed by atoms with Gasteiger partial charge in [-0.2, -0.15) is 5.26 Å². The molecule has 6 heteroatoms. The summed E-state index contributed by atoms with van der Waals surface area (Å²) in [6, 6.07) is 26.4. The number of aryl methyl sites for hydroxylation is 2. The van der Waals surface area contributed by atoms with E-state index in [-0.39, 0.29) is 0 Å². The zero-order valence-electron chi connectivity index (χ0n) is 20.9. The minimum absolute atomic E-state index is 0.365. The first-order valence-electron chi connectivity index (χ1n) is 12.7. The number of hydrogen-bond acceptors (Lipinski definition) is 5. The van der Waals surface area contributed by atoms with Gasteiger partial charge in [-0.15, -0.1) is 0 Å². The van der Waals surface area contributed by atoms with Crippen molar-refractivity contribution in [3.63, 3.8) is 0 Å². The number of rotatable bonds is 4. The van der Waals surface area contributed by atoms with E-state index in [1.54, 1.807) is 48.5 Å². The number of carbonyl (C=O) groups excluding carboxylic acids is 2.